The molecule has 1 aromatic carbocycles. The van der Waals surface area contributed by atoms with Crippen LogP contribution >= 0.6 is 0 Å². The van der Waals surface area contributed by atoms with Gasteiger partial charge in [0.25, 0.3) is 0 Å². The van der Waals surface area contributed by atoms with Crippen molar-refractivity contribution < 1.29 is 18.0 Å². The van der Waals surface area contributed by atoms with Gasteiger partial charge in [-0.15, -0.1) is 6.58 Å². The first-order valence-electron chi connectivity index (χ1n) is 7.80. The first-order valence-corrected chi connectivity index (χ1v) is 7.80. The summed E-state index contributed by atoms with van der Waals surface area (Å²) in [5.74, 6) is -1.56. The van der Waals surface area contributed by atoms with Crippen molar-refractivity contribution in [3.8, 4) is 0 Å². The molecule has 0 aromatic heterocycles. The minimum atomic E-state index is -4.86. The van der Waals surface area contributed by atoms with Crippen molar-refractivity contribution in [2.45, 2.75) is 45.3 Å². The highest BCUT2D eigenvalue weighted by atomic mass is 19.4. The smallest absolute Gasteiger partial charge is 0.328 e. The van der Waals surface area contributed by atoms with Crippen molar-refractivity contribution in [3.63, 3.8) is 0 Å². The van der Waals surface area contributed by atoms with Crippen molar-refractivity contribution >= 4 is 5.91 Å². The van der Waals surface area contributed by atoms with Gasteiger partial charge in [0.05, 0.1) is 6.04 Å². The van der Waals surface area contributed by atoms with E-state index in [1.165, 1.54) is 6.08 Å². The van der Waals surface area contributed by atoms with E-state index in [4.69, 9.17) is 0 Å². The van der Waals surface area contributed by atoms with E-state index < -0.39 is 18.1 Å². The van der Waals surface area contributed by atoms with Crippen LogP contribution in [-0.4, -0.2) is 29.6 Å². The Morgan fingerprint density at radius 3 is 2.30 bits per heavy atom. The quantitative estimate of drug-likeness (QED) is 0.639. The lowest BCUT2D eigenvalue weighted by Crippen LogP contribution is -2.47. The Kier molecular flexibility index (Phi) is 7.33. The van der Waals surface area contributed by atoms with E-state index in [1.807, 2.05) is 44.2 Å². The predicted octanol–water partition coefficient (Wildman–Crippen LogP) is 4.61. The van der Waals surface area contributed by atoms with Crippen LogP contribution in [0.3, 0.4) is 0 Å². The third-order valence-corrected chi connectivity index (χ3v) is 3.69. The second-order valence-corrected chi connectivity index (χ2v) is 6.01. The van der Waals surface area contributed by atoms with Crippen LogP contribution < -0.4 is 0 Å². The number of carbonyl (C=O) groups excluding carboxylic acids is 1. The molecule has 0 saturated carbocycles. The van der Waals surface area contributed by atoms with Gasteiger partial charge in [-0.3, -0.25) is 4.79 Å². The third-order valence-electron chi connectivity index (χ3n) is 3.69. The van der Waals surface area contributed by atoms with Gasteiger partial charge in [-0.25, -0.2) is 0 Å². The van der Waals surface area contributed by atoms with Gasteiger partial charge < -0.3 is 4.90 Å². The maximum absolute atomic E-state index is 12.9. The average molecular weight is 327 g/mol. The van der Waals surface area contributed by atoms with Crippen LogP contribution in [0.1, 0.15) is 32.3 Å². The van der Waals surface area contributed by atoms with Crippen LogP contribution in [0.2, 0.25) is 0 Å². The molecule has 1 amide bonds. The summed E-state index contributed by atoms with van der Waals surface area (Å²) in [6, 6.07) is 8.87. The number of hydrogen-bond acceptors (Lipinski definition) is 1. The number of amides is 1. The van der Waals surface area contributed by atoms with Gasteiger partial charge in [-0.2, -0.15) is 13.2 Å². The van der Waals surface area contributed by atoms with E-state index in [9.17, 15) is 18.0 Å². The lowest BCUT2D eigenvalue weighted by atomic mass is 10.0. The summed E-state index contributed by atoms with van der Waals surface area (Å²) in [4.78, 5) is 12.7. The Balaban J connectivity index is 2.83. The van der Waals surface area contributed by atoms with Crippen molar-refractivity contribution in [2.24, 2.45) is 5.92 Å². The summed E-state index contributed by atoms with van der Waals surface area (Å²) in [5, 5.41) is 0. The van der Waals surface area contributed by atoms with Crippen molar-refractivity contribution in [2.75, 3.05) is 6.54 Å². The molecule has 0 unspecified atom stereocenters. The number of carbonyl (C=O) groups is 1. The lowest BCUT2D eigenvalue weighted by molar-refractivity contribution is -0.187. The zero-order valence-electron chi connectivity index (χ0n) is 13.6. The number of benzene rings is 1. The molecular weight excluding hydrogens is 303 g/mol. The molecule has 0 fully saturated rings. The Bertz CT molecular complexity index is 497. The second kappa shape index (κ2) is 8.75. The third kappa shape index (κ3) is 6.47. The first kappa shape index (κ1) is 19.3. The highest BCUT2D eigenvalue weighted by Gasteiger charge is 2.43. The number of aryl methyl sites for hydroxylation is 1. The minimum Gasteiger partial charge on any atom is -0.328 e. The van der Waals surface area contributed by atoms with Gasteiger partial charge in [-0.1, -0.05) is 50.3 Å². The Morgan fingerprint density at radius 2 is 1.83 bits per heavy atom. The minimum absolute atomic E-state index is 0.0848. The standard InChI is InChI=1S/C18H24F3NO/c1-4-16(11-10-15-8-6-5-7-9-15)22(13-12-14(2)3)17(23)18(19,20)21/h4-9,14,16H,1,10-13H2,2-3H3/t16-/m0/s1. The molecule has 0 aliphatic carbocycles. The summed E-state index contributed by atoms with van der Waals surface area (Å²) in [5.41, 5.74) is 1.03. The fourth-order valence-electron chi connectivity index (χ4n) is 2.34. The number of hydrogen-bond donors (Lipinski definition) is 0. The molecule has 5 heteroatoms. The zero-order chi connectivity index (χ0) is 17.5. The zero-order valence-corrected chi connectivity index (χ0v) is 13.6. The Hall–Kier alpha value is -1.78. The van der Waals surface area contributed by atoms with Gasteiger partial charge in [0.15, 0.2) is 0 Å². The molecule has 0 radical (unpaired) electrons. The molecule has 2 nitrogen and oxygen atoms in total. The summed E-state index contributed by atoms with van der Waals surface area (Å²) in [6.45, 7) is 7.55. The molecule has 0 saturated heterocycles. The second-order valence-electron chi connectivity index (χ2n) is 6.01. The van der Waals surface area contributed by atoms with Crippen molar-refractivity contribution in [3.05, 3.63) is 48.6 Å². The highest BCUT2D eigenvalue weighted by molar-refractivity contribution is 5.82. The summed E-state index contributed by atoms with van der Waals surface area (Å²) in [6.07, 6.45) is -1.87. The number of alkyl halides is 3. The van der Waals surface area contributed by atoms with Crippen molar-refractivity contribution in [1.82, 2.24) is 4.90 Å². The van der Waals surface area contributed by atoms with Crippen LogP contribution in [0.25, 0.3) is 0 Å². The maximum Gasteiger partial charge on any atom is 0.471 e. The van der Waals surface area contributed by atoms with Crippen LogP contribution in [0, 0.1) is 5.92 Å². The molecule has 1 aromatic rings. The molecule has 23 heavy (non-hydrogen) atoms. The molecule has 0 spiro atoms. The maximum atomic E-state index is 12.9. The molecule has 0 N–H and O–H groups in total. The van der Waals surface area contributed by atoms with Gasteiger partial charge in [-0.05, 0) is 30.7 Å². The molecule has 1 rings (SSSR count). The molecular formula is C18H24F3NO. The first-order chi connectivity index (χ1) is 10.8. The SMILES string of the molecule is C=C[C@@H](CCc1ccccc1)N(CCC(C)C)C(=O)C(F)(F)F. The summed E-state index contributed by atoms with van der Waals surface area (Å²) >= 11 is 0. The van der Waals surface area contributed by atoms with E-state index in [2.05, 4.69) is 6.58 Å². The number of halogens is 3. The summed E-state index contributed by atoms with van der Waals surface area (Å²) in [7, 11) is 0. The van der Waals surface area contributed by atoms with E-state index in [-0.39, 0.29) is 12.5 Å². The molecule has 0 aliphatic heterocycles. The fraction of sp³-hybridized carbons (Fsp3) is 0.500. The molecule has 0 heterocycles. The molecule has 0 aliphatic rings. The van der Waals surface area contributed by atoms with Crippen LogP contribution in [0.5, 0.6) is 0 Å². The lowest BCUT2D eigenvalue weighted by Gasteiger charge is -2.31. The van der Waals surface area contributed by atoms with Gasteiger partial charge in [0.2, 0.25) is 0 Å². The summed E-state index contributed by atoms with van der Waals surface area (Å²) < 4.78 is 38.6. The normalized spacial score (nSPS) is 13.0. The topological polar surface area (TPSA) is 20.3 Å². The van der Waals surface area contributed by atoms with E-state index >= 15 is 0 Å². The molecule has 1 atom stereocenters. The van der Waals surface area contributed by atoms with Crippen LogP contribution in [0.4, 0.5) is 13.2 Å². The van der Waals surface area contributed by atoms with E-state index in [0.29, 0.717) is 19.3 Å². The monoisotopic (exact) mass is 327 g/mol. The van der Waals surface area contributed by atoms with Crippen molar-refractivity contribution in [1.29, 1.82) is 0 Å². The van der Waals surface area contributed by atoms with Crippen LogP contribution in [-0.2, 0) is 11.2 Å². The average Bonchev–Trinajstić information content (AvgIpc) is 2.49. The largest absolute Gasteiger partial charge is 0.471 e. The van der Waals surface area contributed by atoms with Gasteiger partial charge in [0, 0.05) is 6.54 Å². The highest BCUT2D eigenvalue weighted by Crippen LogP contribution is 2.23. The van der Waals surface area contributed by atoms with Gasteiger partial charge >= 0.3 is 12.1 Å². The Morgan fingerprint density at radius 1 is 1.22 bits per heavy atom. The van der Waals surface area contributed by atoms with Gasteiger partial charge in [0.1, 0.15) is 0 Å². The number of rotatable bonds is 8. The molecule has 0 bridgehead atoms. The predicted molar refractivity (Wildman–Crippen MR) is 86.0 cm³/mol. The van der Waals surface area contributed by atoms with E-state index in [1.54, 1.807) is 0 Å². The molecule has 128 valence electrons. The van der Waals surface area contributed by atoms with E-state index in [0.717, 1.165) is 10.5 Å². The Labute approximate surface area is 136 Å². The number of nitrogens with zero attached hydrogens (tertiary/aromatic N) is 1. The van der Waals surface area contributed by atoms with Crippen LogP contribution in [0.15, 0.2) is 43.0 Å². The fourth-order valence-corrected chi connectivity index (χ4v) is 2.34.